The fraction of sp³-hybridized carbons (Fsp3) is 0.105. The minimum Gasteiger partial charge on any atom is -0.497 e. The number of aromatic nitrogens is 1. The number of ether oxygens (including phenoxy) is 1. The molecule has 2 heterocycles. The first-order valence-electron chi connectivity index (χ1n) is 7.97. The Morgan fingerprint density at radius 1 is 1.26 bits per heavy atom. The van der Waals surface area contributed by atoms with Gasteiger partial charge < -0.3 is 9.84 Å². The van der Waals surface area contributed by atoms with Crippen molar-refractivity contribution >= 4 is 51.0 Å². The summed E-state index contributed by atoms with van der Waals surface area (Å²) in [6, 6.07) is 13.0. The molecule has 0 fully saturated rings. The number of halogens is 1. The molecule has 0 unspecified atom stereocenters. The number of methoxy groups -OCH3 is 1. The number of carbonyl (C=O) groups excluding carboxylic acids is 1. The van der Waals surface area contributed by atoms with Crippen LogP contribution in [0.3, 0.4) is 0 Å². The normalized spacial score (nSPS) is 12.8. The molecule has 8 heteroatoms. The SMILES string of the molecule is COc1ccc(Cn2c(O)c(C3=c4cc(Br)ccc4=NC3=O)sc2=S)cc1. The summed E-state index contributed by atoms with van der Waals surface area (Å²) in [5, 5.41) is 12.1. The first-order valence-corrected chi connectivity index (χ1v) is 9.98. The molecule has 3 aromatic rings. The average molecular weight is 461 g/mol. The van der Waals surface area contributed by atoms with Crippen LogP contribution in [0.5, 0.6) is 11.6 Å². The van der Waals surface area contributed by atoms with Crippen molar-refractivity contribution in [2.45, 2.75) is 6.54 Å². The lowest BCUT2D eigenvalue weighted by atomic mass is 10.1. The van der Waals surface area contributed by atoms with Gasteiger partial charge in [-0.2, -0.15) is 0 Å². The summed E-state index contributed by atoms with van der Waals surface area (Å²) in [6.45, 7) is 0.398. The summed E-state index contributed by atoms with van der Waals surface area (Å²) in [4.78, 5) is 17.0. The first-order chi connectivity index (χ1) is 13.0. The van der Waals surface area contributed by atoms with Crippen LogP contribution in [0, 0.1) is 3.95 Å². The van der Waals surface area contributed by atoms with Gasteiger partial charge in [-0.25, -0.2) is 4.99 Å². The highest BCUT2D eigenvalue weighted by atomic mass is 79.9. The minimum atomic E-state index is -0.369. The topological polar surface area (TPSA) is 63.8 Å². The third-order valence-corrected chi connectivity index (χ3v) is 6.21. The number of rotatable bonds is 4. The Labute approximate surface area is 172 Å². The molecule has 0 aliphatic carbocycles. The summed E-state index contributed by atoms with van der Waals surface area (Å²) in [5.41, 5.74) is 1.34. The zero-order valence-corrected chi connectivity index (χ0v) is 17.3. The van der Waals surface area contributed by atoms with E-state index in [1.807, 2.05) is 36.4 Å². The maximum atomic E-state index is 12.5. The highest BCUT2D eigenvalue weighted by molar-refractivity contribution is 9.10. The number of hydrogen-bond donors (Lipinski definition) is 1. The number of fused-ring (bicyclic) bond motifs is 1. The Bertz CT molecular complexity index is 1240. The largest absolute Gasteiger partial charge is 0.497 e. The van der Waals surface area contributed by atoms with Crippen molar-refractivity contribution in [3.05, 3.63) is 71.9 Å². The van der Waals surface area contributed by atoms with Crippen LogP contribution >= 0.6 is 39.5 Å². The van der Waals surface area contributed by atoms with E-state index in [0.29, 0.717) is 31.5 Å². The van der Waals surface area contributed by atoms with Gasteiger partial charge in [0.2, 0.25) is 5.88 Å². The number of amides is 1. The van der Waals surface area contributed by atoms with E-state index in [0.717, 1.165) is 15.8 Å². The second kappa shape index (κ2) is 7.03. The highest BCUT2D eigenvalue weighted by Crippen LogP contribution is 2.33. The molecule has 0 bridgehead atoms. The molecule has 0 spiro atoms. The van der Waals surface area contributed by atoms with Crippen LogP contribution in [0.1, 0.15) is 10.4 Å². The number of nitrogens with zero attached hydrogens (tertiary/aromatic N) is 2. The Hall–Kier alpha value is -2.29. The van der Waals surface area contributed by atoms with E-state index in [9.17, 15) is 9.90 Å². The summed E-state index contributed by atoms with van der Waals surface area (Å²) in [7, 11) is 1.61. The van der Waals surface area contributed by atoms with E-state index in [2.05, 4.69) is 20.9 Å². The zero-order chi connectivity index (χ0) is 19.1. The van der Waals surface area contributed by atoms with Crippen molar-refractivity contribution in [1.82, 2.24) is 4.57 Å². The molecule has 1 N–H and O–H groups in total. The highest BCUT2D eigenvalue weighted by Gasteiger charge is 2.25. The van der Waals surface area contributed by atoms with Gasteiger partial charge in [-0.3, -0.25) is 9.36 Å². The van der Waals surface area contributed by atoms with Crippen LogP contribution in [0.2, 0.25) is 0 Å². The summed E-state index contributed by atoms with van der Waals surface area (Å²) in [6.07, 6.45) is 0. The number of benzene rings is 2. The van der Waals surface area contributed by atoms with Crippen molar-refractivity contribution < 1.29 is 14.6 Å². The Morgan fingerprint density at radius 3 is 2.70 bits per heavy atom. The Morgan fingerprint density at radius 2 is 2.00 bits per heavy atom. The van der Waals surface area contributed by atoms with Crippen LogP contribution in [-0.4, -0.2) is 22.7 Å². The lowest BCUT2D eigenvalue weighted by Gasteiger charge is -2.07. The third kappa shape index (κ3) is 3.24. The average Bonchev–Trinajstić information content (AvgIpc) is 3.12. The second-order valence-electron chi connectivity index (χ2n) is 5.91. The van der Waals surface area contributed by atoms with Crippen molar-refractivity contribution in [2.75, 3.05) is 7.11 Å². The van der Waals surface area contributed by atoms with Gasteiger partial charge >= 0.3 is 0 Å². The van der Waals surface area contributed by atoms with Crippen LogP contribution in [-0.2, 0) is 11.3 Å². The molecule has 2 aromatic carbocycles. The molecule has 4 rings (SSSR count). The smallest absolute Gasteiger partial charge is 0.279 e. The third-order valence-electron chi connectivity index (χ3n) is 4.26. The molecule has 0 saturated heterocycles. The van der Waals surface area contributed by atoms with E-state index in [-0.39, 0.29) is 11.8 Å². The van der Waals surface area contributed by atoms with Gasteiger partial charge in [-0.1, -0.05) is 28.1 Å². The molecular formula is C19H13BrN2O3S2. The van der Waals surface area contributed by atoms with Crippen molar-refractivity contribution in [2.24, 2.45) is 4.99 Å². The predicted octanol–water partition coefficient (Wildman–Crippen LogP) is 3.16. The van der Waals surface area contributed by atoms with Gasteiger partial charge in [-0.05, 0) is 48.1 Å². The van der Waals surface area contributed by atoms with Crippen molar-refractivity contribution in [3.63, 3.8) is 0 Å². The first kappa shape index (κ1) is 18.1. The quantitative estimate of drug-likeness (QED) is 0.607. The molecule has 0 radical (unpaired) electrons. The zero-order valence-electron chi connectivity index (χ0n) is 14.1. The molecule has 1 aliphatic rings. The molecule has 0 saturated carbocycles. The molecule has 1 aliphatic heterocycles. The lowest BCUT2D eigenvalue weighted by Crippen LogP contribution is -2.22. The standard InChI is InChI=1S/C19H13BrN2O3S2/c1-25-12-5-2-10(3-6-12)9-22-18(24)16(27-19(22)26)15-13-8-11(20)4-7-14(13)21-17(15)23/h2-8,24H,9H2,1H3. The fourth-order valence-electron chi connectivity index (χ4n) is 2.92. The molecule has 27 heavy (non-hydrogen) atoms. The van der Waals surface area contributed by atoms with Crippen LogP contribution < -0.4 is 15.3 Å². The van der Waals surface area contributed by atoms with Gasteiger partial charge in [0.05, 0.1) is 24.6 Å². The van der Waals surface area contributed by atoms with Crippen LogP contribution in [0.15, 0.2) is 51.9 Å². The molecule has 136 valence electrons. The van der Waals surface area contributed by atoms with E-state index in [1.54, 1.807) is 17.7 Å². The van der Waals surface area contributed by atoms with Gasteiger partial charge in [0.15, 0.2) is 3.95 Å². The maximum absolute atomic E-state index is 12.5. The molecule has 1 amide bonds. The van der Waals surface area contributed by atoms with Gasteiger partial charge in [0.1, 0.15) is 10.6 Å². The molecule has 1 aromatic heterocycles. The number of hydrogen-bond acceptors (Lipinski definition) is 5. The maximum Gasteiger partial charge on any atom is 0.279 e. The second-order valence-corrected chi connectivity index (χ2v) is 8.47. The van der Waals surface area contributed by atoms with Crippen LogP contribution in [0.25, 0.3) is 5.57 Å². The number of thiazole rings is 1. The number of carbonyl (C=O) groups is 1. The van der Waals surface area contributed by atoms with Crippen LogP contribution in [0.4, 0.5) is 0 Å². The molecule has 0 atom stereocenters. The molecular weight excluding hydrogens is 448 g/mol. The van der Waals surface area contributed by atoms with Crippen molar-refractivity contribution in [1.29, 1.82) is 0 Å². The molecule has 5 nitrogen and oxygen atoms in total. The predicted molar refractivity (Wildman–Crippen MR) is 109 cm³/mol. The van der Waals surface area contributed by atoms with E-state index >= 15 is 0 Å². The fourth-order valence-corrected chi connectivity index (χ4v) is 4.62. The van der Waals surface area contributed by atoms with Crippen molar-refractivity contribution in [3.8, 4) is 11.6 Å². The minimum absolute atomic E-state index is 0.0211. The van der Waals surface area contributed by atoms with E-state index in [4.69, 9.17) is 17.0 Å². The van der Waals surface area contributed by atoms with Gasteiger partial charge in [0.25, 0.3) is 5.91 Å². The summed E-state index contributed by atoms with van der Waals surface area (Å²) < 4.78 is 8.11. The van der Waals surface area contributed by atoms with E-state index in [1.165, 1.54) is 11.3 Å². The lowest BCUT2D eigenvalue weighted by molar-refractivity contribution is -0.112. The number of aromatic hydroxyl groups is 1. The summed E-state index contributed by atoms with van der Waals surface area (Å²) in [5.74, 6) is 0.368. The summed E-state index contributed by atoms with van der Waals surface area (Å²) >= 11 is 10.1. The Kier molecular flexibility index (Phi) is 4.71. The van der Waals surface area contributed by atoms with Gasteiger partial charge in [-0.15, -0.1) is 11.3 Å². The van der Waals surface area contributed by atoms with E-state index < -0.39 is 0 Å². The van der Waals surface area contributed by atoms with Gasteiger partial charge in [0, 0.05) is 9.69 Å². The monoisotopic (exact) mass is 460 g/mol. The Balaban J connectivity index is 1.82.